The largest absolute Gasteiger partial charge is 0.508 e. The van der Waals surface area contributed by atoms with Crippen LogP contribution in [0.25, 0.3) is 16.5 Å². The zero-order chi connectivity index (χ0) is 34.1. The van der Waals surface area contributed by atoms with Gasteiger partial charge in [0, 0.05) is 42.3 Å². The van der Waals surface area contributed by atoms with Gasteiger partial charge in [0.15, 0.2) is 11.4 Å². The number of aromatic hydroxyl groups is 1. The van der Waals surface area contributed by atoms with Gasteiger partial charge in [-0.05, 0) is 55.9 Å². The van der Waals surface area contributed by atoms with E-state index in [1.54, 1.807) is 34.3 Å². The van der Waals surface area contributed by atoms with E-state index < -0.39 is 58.0 Å². The van der Waals surface area contributed by atoms with Gasteiger partial charge in [-0.2, -0.15) is 0 Å². The zero-order valence-corrected chi connectivity index (χ0v) is 26.5. The second kappa shape index (κ2) is 11.2. The van der Waals surface area contributed by atoms with Crippen molar-refractivity contribution in [2.24, 2.45) is 17.6 Å². The number of aliphatic hydroxyl groups is 3. The maximum absolute atomic E-state index is 14.2. The minimum Gasteiger partial charge on any atom is -0.508 e. The lowest BCUT2D eigenvalue weighted by molar-refractivity contribution is -0.153. The summed E-state index contributed by atoms with van der Waals surface area (Å²) in [6, 6.07) is 14.2. The molecule has 3 aliphatic carbocycles. The van der Waals surface area contributed by atoms with Crippen LogP contribution >= 0.6 is 0 Å². The Bertz CT molecular complexity index is 1960. The topological polar surface area (TPSA) is 189 Å². The highest BCUT2D eigenvalue weighted by Gasteiger charge is 2.64. The summed E-state index contributed by atoms with van der Waals surface area (Å²) in [5.74, 6) is -6.71. The molecule has 0 spiro atoms. The number of phenolic OH excluding ortho intramolecular Hbond substituents is 1. The average Bonchev–Trinajstić information content (AvgIpc) is 3.00. The predicted octanol–water partition coefficient (Wildman–Crippen LogP) is 3.18. The molecule has 0 heterocycles. The number of benzene rings is 3. The van der Waals surface area contributed by atoms with E-state index in [1.165, 1.54) is 4.90 Å². The summed E-state index contributed by atoms with van der Waals surface area (Å²) < 4.78 is 0. The number of carbonyl (C=O) groups excluding carboxylic acids is 3. The van der Waals surface area contributed by atoms with E-state index in [4.69, 9.17) is 5.73 Å². The Kier molecular flexibility index (Phi) is 7.53. The first-order valence-corrected chi connectivity index (χ1v) is 15.1. The number of nitrogens with one attached hydrogen (secondary N) is 2. The normalized spacial score (nSPS) is 23.7. The SMILES string of the molecule is C=C(Nc1cc(N(C)C)c2c(c1O)C(O)=C1C(=O)[C@@]3(O)C(O)=C(C(N)=O)C(=O)[C@H](N(C)C)[C@H]3C[C@H]1C2)Nc1cccc2ccccc12. The number of ketones is 2. The molecule has 47 heavy (non-hydrogen) atoms. The first-order valence-electron chi connectivity index (χ1n) is 15.1. The van der Waals surface area contributed by atoms with Gasteiger partial charge < -0.3 is 41.7 Å². The number of carbonyl (C=O) groups is 3. The number of phenols is 1. The van der Waals surface area contributed by atoms with E-state index in [9.17, 15) is 34.8 Å². The number of nitrogens with two attached hydrogens (primary N) is 1. The molecular weight excluding hydrogens is 602 g/mol. The van der Waals surface area contributed by atoms with Crippen molar-refractivity contribution in [3.05, 3.63) is 89.0 Å². The van der Waals surface area contributed by atoms with Crippen LogP contribution in [0.4, 0.5) is 17.1 Å². The maximum Gasteiger partial charge on any atom is 0.255 e. The van der Waals surface area contributed by atoms with Gasteiger partial charge in [-0.3, -0.25) is 19.3 Å². The average molecular weight is 640 g/mol. The number of amides is 1. The number of primary amides is 1. The Morgan fingerprint density at radius 2 is 1.66 bits per heavy atom. The Morgan fingerprint density at radius 1 is 1.00 bits per heavy atom. The molecule has 12 nitrogen and oxygen atoms in total. The second-order valence-electron chi connectivity index (χ2n) is 12.8. The van der Waals surface area contributed by atoms with E-state index in [0.29, 0.717) is 17.1 Å². The molecule has 3 aromatic rings. The number of anilines is 3. The quantitative estimate of drug-likeness (QED) is 0.149. The first kappa shape index (κ1) is 31.6. The Hall–Kier alpha value is -5.33. The van der Waals surface area contributed by atoms with E-state index >= 15 is 0 Å². The van der Waals surface area contributed by atoms with E-state index in [0.717, 1.165) is 16.5 Å². The summed E-state index contributed by atoms with van der Waals surface area (Å²) in [4.78, 5) is 43.1. The van der Waals surface area contributed by atoms with Crippen LogP contribution in [0.15, 0.2) is 77.8 Å². The number of likely N-dealkylation sites (N-methyl/N-ethyl adjacent to an activating group) is 1. The molecule has 244 valence electrons. The first-order chi connectivity index (χ1) is 22.2. The number of hydrogen-bond acceptors (Lipinski definition) is 11. The van der Waals surface area contributed by atoms with Crippen LogP contribution in [0.5, 0.6) is 5.75 Å². The molecule has 0 saturated heterocycles. The third kappa shape index (κ3) is 4.71. The summed E-state index contributed by atoms with van der Waals surface area (Å²) in [5.41, 5.74) is 3.77. The second-order valence-corrected chi connectivity index (χ2v) is 12.8. The highest BCUT2D eigenvalue weighted by molar-refractivity contribution is 6.24. The molecule has 0 bridgehead atoms. The molecule has 1 saturated carbocycles. The fraction of sp³-hybridized carbons (Fsp3) is 0.286. The van der Waals surface area contributed by atoms with Gasteiger partial charge in [-0.1, -0.05) is 43.0 Å². The summed E-state index contributed by atoms with van der Waals surface area (Å²) in [5, 5.41) is 54.6. The van der Waals surface area contributed by atoms with Crippen LogP contribution in [0.2, 0.25) is 0 Å². The summed E-state index contributed by atoms with van der Waals surface area (Å²) in [7, 11) is 6.73. The van der Waals surface area contributed by atoms with Gasteiger partial charge in [-0.15, -0.1) is 0 Å². The third-order valence-corrected chi connectivity index (χ3v) is 9.54. The van der Waals surface area contributed by atoms with Crippen LogP contribution in [0.1, 0.15) is 17.5 Å². The highest BCUT2D eigenvalue weighted by atomic mass is 16.3. The smallest absolute Gasteiger partial charge is 0.255 e. The molecule has 1 amide bonds. The van der Waals surface area contributed by atoms with Crippen molar-refractivity contribution in [2.75, 3.05) is 43.7 Å². The van der Waals surface area contributed by atoms with Crippen molar-refractivity contribution < 1.29 is 34.8 Å². The van der Waals surface area contributed by atoms with Crippen molar-refractivity contribution in [2.45, 2.75) is 24.5 Å². The molecule has 0 radical (unpaired) electrons. The van der Waals surface area contributed by atoms with Crippen LogP contribution in [-0.4, -0.2) is 82.6 Å². The summed E-state index contributed by atoms with van der Waals surface area (Å²) >= 11 is 0. The molecule has 0 aromatic heterocycles. The number of Topliss-reactive ketones (excluding diaryl/α,β-unsaturated/α-hetero) is 2. The summed E-state index contributed by atoms with van der Waals surface area (Å²) in [6.45, 7) is 4.08. The van der Waals surface area contributed by atoms with Gasteiger partial charge in [0.25, 0.3) is 5.91 Å². The molecule has 3 aliphatic rings. The van der Waals surface area contributed by atoms with Gasteiger partial charge in [0.05, 0.1) is 17.3 Å². The van der Waals surface area contributed by atoms with E-state index in [1.807, 2.05) is 47.4 Å². The van der Waals surface area contributed by atoms with Crippen LogP contribution in [-0.2, 0) is 20.8 Å². The predicted molar refractivity (Wildman–Crippen MR) is 179 cm³/mol. The fourth-order valence-corrected chi connectivity index (χ4v) is 7.48. The lowest BCUT2D eigenvalue weighted by atomic mass is 9.57. The van der Waals surface area contributed by atoms with Crippen molar-refractivity contribution in [3.8, 4) is 5.75 Å². The number of fused-ring (bicyclic) bond motifs is 4. The molecule has 12 heteroatoms. The van der Waals surface area contributed by atoms with E-state index in [2.05, 4.69) is 17.2 Å². The molecule has 0 aliphatic heterocycles. The highest BCUT2D eigenvalue weighted by Crippen LogP contribution is 2.54. The van der Waals surface area contributed by atoms with Crippen LogP contribution < -0.4 is 21.3 Å². The minimum atomic E-state index is -2.71. The van der Waals surface area contributed by atoms with Gasteiger partial charge in [-0.25, -0.2) is 0 Å². The molecule has 1 fully saturated rings. The van der Waals surface area contributed by atoms with Gasteiger partial charge in [0.1, 0.15) is 28.7 Å². The Labute approximate surface area is 271 Å². The molecule has 6 rings (SSSR count). The Balaban J connectivity index is 1.45. The molecule has 4 atom stereocenters. The van der Waals surface area contributed by atoms with Crippen LogP contribution in [0.3, 0.4) is 0 Å². The van der Waals surface area contributed by atoms with E-state index in [-0.39, 0.29) is 35.4 Å². The van der Waals surface area contributed by atoms with Crippen molar-refractivity contribution >= 4 is 51.1 Å². The molecular formula is C35H37N5O7. The van der Waals surface area contributed by atoms with Gasteiger partial charge >= 0.3 is 0 Å². The molecule has 0 unspecified atom stereocenters. The number of rotatable bonds is 7. The van der Waals surface area contributed by atoms with Crippen molar-refractivity contribution in [1.82, 2.24) is 4.90 Å². The van der Waals surface area contributed by atoms with Crippen molar-refractivity contribution in [3.63, 3.8) is 0 Å². The van der Waals surface area contributed by atoms with Crippen molar-refractivity contribution in [1.29, 1.82) is 0 Å². The van der Waals surface area contributed by atoms with Gasteiger partial charge in [0.2, 0.25) is 5.78 Å². The standard InChI is InChI=1S/C35H37N5O7/c1-16(37-22-12-8-10-17-9-6-7-11-19(17)22)38-23-15-24(39(2)3)20-13-18-14-21-28(40(4)5)31(43)27(34(36)46)33(45)35(21,47)32(44)25(18)30(42)26(20)29(23)41/h6-12,15,18,21,28,37-38,41-42,45,47H,1,13-14H2,2-5H3,(H2,36,46)/t18-,21-,28-,35-/m1/s1. The Morgan fingerprint density at radius 3 is 2.32 bits per heavy atom. The third-order valence-electron chi connectivity index (χ3n) is 9.54. The lowest BCUT2D eigenvalue weighted by Crippen LogP contribution is -2.65. The monoisotopic (exact) mass is 639 g/mol. The maximum atomic E-state index is 14.2. The fourth-order valence-electron chi connectivity index (χ4n) is 7.48. The molecule has 3 aromatic carbocycles. The number of nitrogens with zero attached hydrogens (tertiary/aromatic N) is 2. The zero-order valence-electron chi connectivity index (χ0n) is 26.5. The number of hydrogen-bond donors (Lipinski definition) is 7. The minimum absolute atomic E-state index is 0.00511. The molecule has 8 N–H and O–H groups in total. The van der Waals surface area contributed by atoms with Crippen LogP contribution in [0, 0.1) is 11.8 Å². The number of aliphatic hydroxyl groups excluding tert-OH is 2. The lowest BCUT2D eigenvalue weighted by Gasteiger charge is -2.50. The summed E-state index contributed by atoms with van der Waals surface area (Å²) in [6.07, 6.45) is 0.177.